The van der Waals surface area contributed by atoms with Gasteiger partial charge in [-0.1, -0.05) is 13.0 Å². The first kappa shape index (κ1) is 28.8. The summed E-state index contributed by atoms with van der Waals surface area (Å²) in [4.78, 5) is 1.55. The van der Waals surface area contributed by atoms with E-state index in [9.17, 15) is 21.4 Å². The van der Waals surface area contributed by atoms with Crippen LogP contribution in [0.5, 0.6) is 0 Å². The average Bonchev–Trinajstić information content (AvgIpc) is 2.92. The highest BCUT2D eigenvalue weighted by atomic mass is 32.2. The summed E-state index contributed by atoms with van der Waals surface area (Å²) in [7, 11) is -8.49. The third kappa shape index (κ3) is 5.46. The molecule has 39 heavy (non-hydrogen) atoms. The Labute approximate surface area is 230 Å². The average molecular weight is 572 g/mol. The molecule has 208 valence electrons. The normalized spacial score (nSPS) is 12.3. The summed E-state index contributed by atoms with van der Waals surface area (Å²) in [6.45, 7) is 13.0. The van der Waals surface area contributed by atoms with Crippen LogP contribution >= 0.6 is 0 Å². The number of fused-ring (bicyclic) bond motifs is 2. The maximum atomic E-state index is 12.6. The van der Waals surface area contributed by atoms with Crippen molar-refractivity contribution in [3.63, 3.8) is 0 Å². The second kappa shape index (κ2) is 11.1. The molecule has 10 heteroatoms. The fourth-order valence-corrected chi connectivity index (χ4v) is 6.72. The Bertz CT molecular complexity index is 1780. The van der Waals surface area contributed by atoms with Gasteiger partial charge in [0.05, 0.1) is 16.7 Å². The molecule has 8 nitrogen and oxygen atoms in total. The Hall–Kier alpha value is -3.21. The molecule has 1 aliphatic carbocycles. The lowest BCUT2D eigenvalue weighted by Crippen LogP contribution is -2.29. The molecule has 0 spiro atoms. The molecule has 0 saturated heterocycles. The van der Waals surface area contributed by atoms with Crippen molar-refractivity contribution >= 4 is 36.6 Å². The van der Waals surface area contributed by atoms with Crippen molar-refractivity contribution in [2.75, 3.05) is 36.8 Å². The first-order valence-corrected chi connectivity index (χ1v) is 16.3. The largest absolute Gasteiger partial charge is 0.456 e. The lowest BCUT2D eigenvalue weighted by Gasteiger charge is -2.22. The zero-order valence-corrected chi connectivity index (χ0v) is 24.6. The van der Waals surface area contributed by atoms with Gasteiger partial charge in [0.15, 0.2) is 9.84 Å². The van der Waals surface area contributed by atoms with Crippen molar-refractivity contribution in [2.24, 2.45) is 0 Å². The molecule has 1 heterocycles. The molecular formula is C29H35N2O6S2+. The third-order valence-corrected chi connectivity index (χ3v) is 9.81. The number of hydrogen-bond acceptors (Lipinski definition) is 6. The van der Waals surface area contributed by atoms with Gasteiger partial charge in [-0.25, -0.2) is 13.0 Å². The van der Waals surface area contributed by atoms with Gasteiger partial charge in [0.2, 0.25) is 5.36 Å². The maximum Gasteiger partial charge on any atom is 0.295 e. The van der Waals surface area contributed by atoms with Crippen molar-refractivity contribution in [1.29, 1.82) is 0 Å². The highest BCUT2D eigenvalue weighted by Gasteiger charge is 2.26. The van der Waals surface area contributed by atoms with E-state index < -0.39 is 24.9 Å². The minimum atomic E-state index is -4.78. The minimum Gasteiger partial charge on any atom is -0.456 e. The Morgan fingerprint density at radius 3 is 2.08 bits per heavy atom. The molecule has 0 unspecified atom stereocenters. The first-order valence-electron chi connectivity index (χ1n) is 13.2. The quantitative estimate of drug-likeness (QED) is 0.173. The molecule has 0 aromatic heterocycles. The molecule has 0 bridgehead atoms. The van der Waals surface area contributed by atoms with Crippen molar-refractivity contribution in [1.82, 2.24) is 4.58 Å². The lowest BCUT2D eigenvalue weighted by molar-refractivity contribution is 0.483. The number of sulfone groups is 1. The van der Waals surface area contributed by atoms with Crippen LogP contribution in [-0.2, 0) is 20.0 Å². The van der Waals surface area contributed by atoms with Gasteiger partial charge in [-0.15, -0.1) is 0 Å². The second-order valence-electron chi connectivity index (χ2n) is 9.22. The molecule has 1 aliphatic heterocycles. The van der Waals surface area contributed by atoms with Crippen LogP contribution in [0.1, 0.15) is 34.6 Å². The Morgan fingerprint density at radius 2 is 1.49 bits per heavy atom. The Kier molecular flexibility index (Phi) is 8.20. The summed E-state index contributed by atoms with van der Waals surface area (Å²) in [6.07, 6.45) is 0. The van der Waals surface area contributed by atoms with Crippen LogP contribution in [0.15, 0.2) is 68.8 Å². The van der Waals surface area contributed by atoms with Crippen LogP contribution in [0, 0.1) is 0 Å². The summed E-state index contributed by atoms with van der Waals surface area (Å²) < 4.78 is 69.3. The van der Waals surface area contributed by atoms with Crippen molar-refractivity contribution in [2.45, 2.75) is 44.4 Å². The van der Waals surface area contributed by atoms with E-state index >= 15 is 0 Å². The van der Waals surface area contributed by atoms with E-state index in [1.165, 1.54) is 19.1 Å². The Balaban J connectivity index is 2.18. The van der Waals surface area contributed by atoms with Crippen molar-refractivity contribution < 1.29 is 25.8 Å². The standard InChI is InChI=1S/C29H34N2O6S2/c1-6-30(7-2)20-11-14-23-26(17-20)37-27-18-21(31(8-3)9-4)12-15-24(27)29(23)25-16-13-22(38(32,33)10-5)19-28(25)39(34,35)36/h11-19H,6-10H2,1-5H3/p+1. The molecule has 2 aromatic carbocycles. The first-order chi connectivity index (χ1) is 18.5. The summed E-state index contributed by atoms with van der Waals surface area (Å²) in [5.74, 6) is 0.348. The molecule has 4 rings (SSSR count). The number of rotatable bonds is 9. The van der Waals surface area contributed by atoms with Crippen molar-refractivity contribution in [3.8, 4) is 22.5 Å². The van der Waals surface area contributed by atoms with E-state index in [1.807, 2.05) is 36.4 Å². The molecule has 0 fully saturated rings. The topological polar surface area (TPSA) is 108 Å². The predicted molar refractivity (Wildman–Crippen MR) is 156 cm³/mol. The van der Waals surface area contributed by atoms with E-state index in [4.69, 9.17) is 4.42 Å². The SMILES string of the molecule is CCN(CC)c1ccc2c(-c3ccc(S(=O)(=O)CC)cc3S(=O)(=O)O)c3ccc(=[N+](CC)CC)cc-3oc2c1. The van der Waals surface area contributed by atoms with E-state index in [0.717, 1.165) is 43.3 Å². The fraction of sp³-hybridized carbons (Fsp3) is 0.345. The van der Waals surface area contributed by atoms with Crippen LogP contribution in [0.4, 0.5) is 5.69 Å². The van der Waals surface area contributed by atoms with E-state index in [1.54, 1.807) is 0 Å². The molecule has 1 N–H and O–H groups in total. The predicted octanol–water partition coefficient (Wildman–Crippen LogP) is 4.90. The maximum absolute atomic E-state index is 12.6. The molecule has 0 radical (unpaired) electrons. The zero-order valence-electron chi connectivity index (χ0n) is 22.9. The second-order valence-corrected chi connectivity index (χ2v) is 12.9. The molecule has 2 aliphatic rings. The number of benzene rings is 3. The minimum absolute atomic E-state index is 0.164. The molecule has 0 amide bonds. The van der Waals surface area contributed by atoms with Crippen molar-refractivity contribution in [3.05, 3.63) is 60.0 Å². The van der Waals surface area contributed by atoms with Crippen LogP contribution in [-0.4, -0.2) is 53.3 Å². The number of hydrogen-bond donors (Lipinski definition) is 1. The summed E-state index contributed by atoms with van der Waals surface area (Å²) in [5, 5.41) is 1.60. The smallest absolute Gasteiger partial charge is 0.295 e. The van der Waals surface area contributed by atoms with Gasteiger partial charge in [0.25, 0.3) is 10.1 Å². The monoisotopic (exact) mass is 571 g/mol. The Morgan fingerprint density at radius 1 is 0.821 bits per heavy atom. The molecule has 0 saturated carbocycles. The van der Waals surface area contributed by atoms with Gasteiger partial charge >= 0.3 is 0 Å². The van der Waals surface area contributed by atoms with Gasteiger partial charge in [0.1, 0.15) is 29.3 Å². The number of nitrogens with zero attached hydrogens (tertiary/aromatic N) is 2. The molecular weight excluding hydrogens is 536 g/mol. The van der Waals surface area contributed by atoms with Crippen LogP contribution in [0.25, 0.3) is 33.4 Å². The highest BCUT2D eigenvalue weighted by molar-refractivity contribution is 7.91. The fourth-order valence-electron chi connectivity index (χ4n) is 5.01. The van der Waals surface area contributed by atoms with E-state index in [0.29, 0.717) is 27.9 Å². The number of anilines is 1. The summed E-state index contributed by atoms with van der Waals surface area (Å²) in [6, 6.07) is 15.4. The van der Waals surface area contributed by atoms with E-state index in [-0.39, 0.29) is 16.2 Å². The third-order valence-electron chi connectivity index (χ3n) is 7.19. The molecule has 0 atom stereocenters. The lowest BCUT2D eigenvalue weighted by atomic mass is 9.93. The van der Waals surface area contributed by atoms with Gasteiger partial charge in [-0.2, -0.15) is 8.42 Å². The van der Waals surface area contributed by atoms with Crippen LogP contribution in [0.2, 0.25) is 0 Å². The summed E-state index contributed by atoms with van der Waals surface area (Å²) in [5.41, 5.74) is 2.89. The van der Waals surface area contributed by atoms with Crippen LogP contribution < -0.4 is 14.8 Å². The van der Waals surface area contributed by atoms with Gasteiger partial charge in [-0.3, -0.25) is 4.55 Å². The van der Waals surface area contributed by atoms with Crippen LogP contribution in [0.3, 0.4) is 0 Å². The van der Waals surface area contributed by atoms with E-state index in [2.05, 4.69) is 37.2 Å². The van der Waals surface area contributed by atoms with Gasteiger partial charge in [0, 0.05) is 53.0 Å². The zero-order chi connectivity index (χ0) is 28.5. The van der Waals surface area contributed by atoms with Gasteiger partial charge < -0.3 is 9.32 Å². The molecule has 2 aromatic rings. The highest BCUT2D eigenvalue weighted by Crippen LogP contribution is 2.43. The summed E-state index contributed by atoms with van der Waals surface area (Å²) >= 11 is 0. The van der Waals surface area contributed by atoms with Gasteiger partial charge in [-0.05, 0) is 58.0 Å².